The monoisotopic (exact) mass is 355 g/mol. The average Bonchev–Trinajstić information content (AvgIpc) is 2.29. The predicted octanol–water partition coefficient (Wildman–Crippen LogP) is 4.33. The highest BCUT2D eigenvalue weighted by Crippen LogP contribution is 2.23. The number of fused-ring (bicyclic) bond motifs is 1. The van der Waals surface area contributed by atoms with Gasteiger partial charge in [-0.2, -0.15) is 0 Å². The van der Waals surface area contributed by atoms with E-state index < -0.39 is 0 Å². The number of rotatable bonds is 3. The molecular formula is C13H11Br2NO. The molecule has 0 bridgehead atoms. The third-order valence-electron chi connectivity index (χ3n) is 2.41. The van der Waals surface area contributed by atoms with E-state index in [1.807, 2.05) is 30.3 Å². The lowest BCUT2D eigenvalue weighted by Crippen LogP contribution is -2.11. The molecule has 0 aliphatic heterocycles. The first kappa shape index (κ1) is 12.6. The maximum Gasteiger partial charge on any atom is 0.225 e. The summed E-state index contributed by atoms with van der Waals surface area (Å²) in [7, 11) is 0. The number of carbonyl (C=O) groups is 1. The van der Waals surface area contributed by atoms with Gasteiger partial charge in [-0.1, -0.05) is 44.0 Å². The third-order valence-corrected chi connectivity index (χ3v) is 3.30. The second kappa shape index (κ2) is 5.65. The normalized spacial score (nSPS) is 10.5. The van der Waals surface area contributed by atoms with Crippen LogP contribution in [0.3, 0.4) is 0 Å². The highest BCUT2D eigenvalue weighted by molar-refractivity contribution is 9.10. The van der Waals surface area contributed by atoms with E-state index in [0.717, 1.165) is 20.9 Å². The van der Waals surface area contributed by atoms with Crippen molar-refractivity contribution < 1.29 is 4.79 Å². The van der Waals surface area contributed by atoms with E-state index in [9.17, 15) is 4.79 Å². The van der Waals surface area contributed by atoms with Crippen molar-refractivity contribution in [1.29, 1.82) is 0 Å². The van der Waals surface area contributed by atoms with E-state index in [-0.39, 0.29) is 5.91 Å². The summed E-state index contributed by atoms with van der Waals surface area (Å²) < 4.78 is 1.06. The topological polar surface area (TPSA) is 29.1 Å². The first-order valence-electron chi connectivity index (χ1n) is 5.24. The lowest BCUT2D eigenvalue weighted by Gasteiger charge is -2.06. The van der Waals surface area contributed by atoms with Crippen LogP contribution in [0.25, 0.3) is 10.8 Å². The van der Waals surface area contributed by atoms with Crippen LogP contribution in [0.2, 0.25) is 0 Å². The Bertz CT molecular complexity index is 554. The van der Waals surface area contributed by atoms with Gasteiger partial charge in [0, 0.05) is 21.9 Å². The summed E-state index contributed by atoms with van der Waals surface area (Å²) >= 11 is 6.68. The molecule has 4 heteroatoms. The molecule has 0 atom stereocenters. The molecule has 0 radical (unpaired) electrons. The molecule has 0 aliphatic rings. The van der Waals surface area contributed by atoms with Gasteiger partial charge in [0.25, 0.3) is 0 Å². The summed E-state index contributed by atoms with van der Waals surface area (Å²) in [6.07, 6.45) is 0.484. The number of carbonyl (C=O) groups excluding carboxylic acids is 1. The van der Waals surface area contributed by atoms with Gasteiger partial charge in [-0.15, -0.1) is 0 Å². The number of hydrogen-bond acceptors (Lipinski definition) is 1. The minimum atomic E-state index is 0.0262. The summed E-state index contributed by atoms with van der Waals surface area (Å²) in [4.78, 5) is 11.5. The summed E-state index contributed by atoms with van der Waals surface area (Å²) in [5.41, 5.74) is 0.839. The Morgan fingerprint density at radius 1 is 1.12 bits per heavy atom. The van der Waals surface area contributed by atoms with E-state index in [4.69, 9.17) is 0 Å². The first-order valence-corrected chi connectivity index (χ1v) is 7.15. The van der Waals surface area contributed by atoms with Crippen LogP contribution in [0.4, 0.5) is 5.69 Å². The fourth-order valence-electron chi connectivity index (χ4n) is 1.60. The van der Waals surface area contributed by atoms with E-state index in [1.165, 1.54) is 0 Å². The Hall–Kier alpha value is -0.870. The molecular weight excluding hydrogens is 346 g/mol. The van der Waals surface area contributed by atoms with Crippen LogP contribution in [-0.2, 0) is 4.79 Å². The van der Waals surface area contributed by atoms with Gasteiger partial charge in [0.1, 0.15) is 0 Å². The van der Waals surface area contributed by atoms with Crippen molar-refractivity contribution in [3.8, 4) is 0 Å². The molecule has 2 aromatic rings. The standard InChI is InChI=1S/C13H11Br2NO/c14-6-5-13(17)16-12-4-2-9-7-11(15)3-1-10(9)8-12/h1-4,7-8H,5-6H2,(H,16,17). The van der Waals surface area contributed by atoms with Crippen LogP contribution in [0.15, 0.2) is 40.9 Å². The number of hydrogen-bond donors (Lipinski definition) is 1. The zero-order valence-electron chi connectivity index (χ0n) is 9.04. The van der Waals surface area contributed by atoms with Crippen molar-refractivity contribution in [2.75, 3.05) is 10.6 Å². The summed E-state index contributed by atoms with van der Waals surface area (Å²) in [6, 6.07) is 12.0. The highest BCUT2D eigenvalue weighted by atomic mass is 79.9. The van der Waals surface area contributed by atoms with Crippen LogP contribution >= 0.6 is 31.9 Å². The lowest BCUT2D eigenvalue weighted by atomic mass is 10.1. The number of benzene rings is 2. The fourth-order valence-corrected chi connectivity index (χ4v) is 2.34. The van der Waals surface area contributed by atoms with Gasteiger partial charge in [-0.3, -0.25) is 4.79 Å². The smallest absolute Gasteiger partial charge is 0.225 e. The fraction of sp³-hybridized carbons (Fsp3) is 0.154. The molecule has 0 aliphatic carbocycles. The zero-order valence-corrected chi connectivity index (χ0v) is 12.2. The van der Waals surface area contributed by atoms with Crippen molar-refractivity contribution in [1.82, 2.24) is 0 Å². The maximum absolute atomic E-state index is 11.5. The average molecular weight is 357 g/mol. The number of anilines is 1. The second-order valence-electron chi connectivity index (χ2n) is 3.69. The van der Waals surface area contributed by atoms with Crippen LogP contribution in [0, 0.1) is 0 Å². The molecule has 1 N–H and O–H groups in total. The van der Waals surface area contributed by atoms with E-state index in [1.54, 1.807) is 0 Å². The van der Waals surface area contributed by atoms with Gasteiger partial charge in [-0.05, 0) is 35.0 Å². The molecule has 0 saturated carbocycles. The van der Waals surface area contributed by atoms with Crippen molar-refractivity contribution in [3.05, 3.63) is 40.9 Å². The summed E-state index contributed by atoms with van der Waals surface area (Å²) in [5, 5.41) is 5.82. The molecule has 0 spiro atoms. The van der Waals surface area contributed by atoms with Gasteiger partial charge in [0.05, 0.1) is 0 Å². The van der Waals surface area contributed by atoms with Crippen molar-refractivity contribution in [2.24, 2.45) is 0 Å². The van der Waals surface area contributed by atoms with E-state index >= 15 is 0 Å². The Kier molecular flexibility index (Phi) is 4.18. The minimum Gasteiger partial charge on any atom is -0.326 e. The Morgan fingerprint density at radius 3 is 2.59 bits per heavy atom. The molecule has 0 unspecified atom stereocenters. The molecule has 0 heterocycles. The largest absolute Gasteiger partial charge is 0.326 e. The maximum atomic E-state index is 11.5. The van der Waals surface area contributed by atoms with Crippen LogP contribution < -0.4 is 5.32 Å². The Morgan fingerprint density at radius 2 is 1.82 bits per heavy atom. The van der Waals surface area contributed by atoms with Gasteiger partial charge < -0.3 is 5.32 Å². The molecule has 2 rings (SSSR count). The Balaban J connectivity index is 2.26. The SMILES string of the molecule is O=C(CCBr)Nc1ccc2cc(Br)ccc2c1. The van der Waals surface area contributed by atoms with Gasteiger partial charge >= 0.3 is 0 Å². The summed E-state index contributed by atoms with van der Waals surface area (Å²) in [5.74, 6) is 0.0262. The summed E-state index contributed by atoms with van der Waals surface area (Å²) in [6.45, 7) is 0. The highest BCUT2D eigenvalue weighted by Gasteiger charge is 2.02. The van der Waals surface area contributed by atoms with Crippen molar-refractivity contribution >= 4 is 54.2 Å². The molecule has 0 aromatic heterocycles. The van der Waals surface area contributed by atoms with Crippen molar-refractivity contribution in [2.45, 2.75) is 6.42 Å². The molecule has 2 nitrogen and oxygen atoms in total. The first-order chi connectivity index (χ1) is 8.19. The van der Waals surface area contributed by atoms with Gasteiger partial charge in [-0.25, -0.2) is 0 Å². The van der Waals surface area contributed by atoms with Crippen LogP contribution in [-0.4, -0.2) is 11.2 Å². The van der Waals surface area contributed by atoms with E-state index in [2.05, 4.69) is 43.2 Å². The number of alkyl halides is 1. The number of nitrogens with one attached hydrogen (secondary N) is 1. The minimum absolute atomic E-state index is 0.0262. The van der Waals surface area contributed by atoms with Crippen LogP contribution in [0.5, 0.6) is 0 Å². The number of halogens is 2. The molecule has 17 heavy (non-hydrogen) atoms. The lowest BCUT2D eigenvalue weighted by molar-refractivity contribution is -0.115. The molecule has 1 amide bonds. The zero-order chi connectivity index (χ0) is 12.3. The molecule has 88 valence electrons. The van der Waals surface area contributed by atoms with Gasteiger partial charge in [0.15, 0.2) is 0 Å². The van der Waals surface area contributed by atoms with E-state index in [0.29, 0.717) is 11.8 Å². The predicted molar refractivity (Wildman–Crippen MR) is 78.7 cm³/mol. The second-order valence-corrected chi connectivity index (χ2v) is 5.40. The van der Waals surface area contributed by atoms with Gasteiger partial charge in [0.2, 0.25) is 5.91 Å². The third kappa shape index (κ3) is 3.30. The molecule has 0 fully saturated rings. The van der Waals surface area contributed by atoms with Crippen LogP contribution in [0.1, 0.15) is 6.42 Å². The number of amides is 1. The molecule has 0 saturated heterocycles. The van der Waals surface area contributed by atoms with Crippen molar-refractivity contribution in [3.63, 3.8) is 0 Å². The molecule has 2 aromatic carbocycles. The Labute approximate surface area is 117 Å². The quantitative estimate of drug-likeness (QED) is 0.815.